The maximum Gasteiger partial charge on any atom is 0.272 e. The van der Waals surface area contributed by atoms with E-state index in [9.17, 15) is 4.79 Å². The summed E-state index contributed by atoms with van der Waals surface area (Å²) < 4.78 is 1.84. The Hall–Kier alpha value is -2.24. The molecule has 3 atom stereocenters. The van der Waals surface area contributed by atoms with E-state index >= 15 is 0 Å². The van der Waals surface area contributed by atoms with Gasteiger partial charge in [0.2, 0.25) is 0 Å². The summed E-state index contributed by atoms with van der Waals surface area (Å²) in [7, 11) is 0. The van der Waals surface area contributed by atoms with Crippen LogP contribution in [-0.2, 0) is 6.42 Å². The van der Waals surface area contributed by atoms with Crippen LogP contribution in [0.4, 0.5) is 0 Å². The summed E-state index contributed by atoms with van der Waals surface area (Å²) in [4.78, 5) is 21.2. The Bertz CT molecular complexity index is 780. The van der Waals surface area contributed by atoms with E-state index in [0.717, 1.165) is 12.0 Å². The zero-order chi connectivity index (χ0) is 15.6. The second-order valence-corrected chi connectivity index (χ2v) is 7.09. The van der Waals surface area contributed by atoms with Crippen molar-refractivity contribution in [3.8, 4) is 5.82 Å². The second-order valence-electron chi connectivity index (χ2n) is 7.09. The molecule has 3 aliphatic rings. The molecule has 6 nitrogen and oxygen atoms in total. The van der Waals surface area contributed by atoms with Gasteiger partial charge in [0.15, 0.2) is 11.5 Å². The van der Waals surface area contributed by atoms with Crippen LogP contribution in [0.25, 0.3) is 5.82 Å². The number of nitrogens with one attached hydrogen (secondary N) is 1. The second kappa shape index (κ2) is 4.63. The molecule has 0 unspecified atom stereocenters. The summed E-state index contributed by atoms with van der Waals surface area (Å²) in [6, 6.07) is 0.232. The van der Waals surface area contributed by atoms with Crippen LogP contribution in [0.3, 0.4) is 0 Å². The van der Waals surface area contributed by atoms with E-state index in [0.29, 0.717) is 29.3 Å². The lowest BCUT2D eigenvalue weighted by Gasteiger charge is -2.12. The van der Waals surface area contributed by atoms with E-state index in [1.54, 1.807) is 18.6 Å². The monoisotopic (exact) mass is 309 g/mol. The molecule has 0 aliphatic heterocycles. The summed E-state index contributed by atoms with van der Waals surface area (Å²) in [6.45, 7) is 2.09. The fraction of sp³-hybridized carbons (Fsp3) is 0.529. The Morgan fingerprint density at radius 2 is 2.26 bits per heavy atom. The largest absolute Gasteiger partial charge is 0.348 e. The molecule has 3 aliphatic carbocycles. The van der Waals surface area contributed by atoms with Crippen LogP contribution in [0.2, 0.25) is 0 Å². The van der Waals surface area contributed by atoms with E-state index in [1.165, 1.54) is 25.0 Å². The lowest BCUT2D eigenvalue weighted by atomic mass is 10.1. The average Bonchev–Trinajstić information content (AvgIpc) is 3.47. The molecule has 23 heavy (non-hydrogen) atoms. The number of rotatable bonds is 4. The Morgan fingerprint density at radius 1 is 1.39 bits per heavy atom. The topological polar surface area (TPSA) is 72.7 Å². The average molecular weight is 309 g/mol. The third kappa shape index (κ3) is 2.08. The molecule has 118 valence electrons. The molecule has 0 bridgehead atoms. The first kappa shape index (κ1) is 13.2. The molecule has 2 heterocycles. The van der Waals surface area contributed by atoms with Crippen molar-refractivity contribution in [2.24, 2.45) is 11.8 Å². The quantitative estimate of drug-likeness (QED) is 0.935. The van der Waals surface area contributed by atoms with Crippen LogP contribution in [0, 0.1) is 11.8 Å². The van der Waals surface area contributed by atoms with Crippen molar-refractivity contribution in [2.75, 3.05) is 0 Å². The van der Waals surface area contributed by atoms with Gasteiger partial charge in [-0.25, -0.2) is 9.67 Å². The molecular weight excluding hydrogens is 290 g/mol. The number of amides is 1. The zero-order valence-electron chi connectivity index (χ0n) is 13.1. The molecule has 6 heteroatoms. The van der Waals surface area contributed by atoms with Crippen LogP contribution >= 0.6 is 0 Å². The zero-order valence-corrected chi connectivity index (χ0v) is 13.1. The third-order valence-electron chi connectivity index (χ3n) is 5.43. The summed E-state index contributed by atoms with van der Waals surface area (Å²) in [5.74, 6) is 2.54. The van der Waals surface area contributed by atoms with Gasteiger partial charge in [-0.15, -0.1) is 0 Å². The first-order valence-corrected chi connectivity index (χ1v) is 8.41. The van der Waals surface area contributed by atoms with Crippen molar-refractivity contribution < 1.29 is 4.79 Å². The maximum atomic E-state index is 12.7. The molecule has 2 saturated carbocycles. The van der Waals surface area contributed by atoms with Gasteiger partial charge in [-0.3, -0.25) is 9.78 Å². The minimum atomic E-state index is -0.0374. The van der Waals surface area contributed by atoms with Gasteiger partial charge in [0.25, 0.3) is 5.91 Å². The molecule has 0 saturated heterocycles. The van der Waals surface area contributed by atoms with E-state index in [4.69, 9.17) is 0 Å². The number of fused-ring (bicyclic) bond motifs is 3. The highest BCUT2D eigenvalue weighted by atomic mass is 16.2. The van der Waals surface area contributed by atoms with E-state index < -0.39 is 0 Å². The Kier molecular flexibility index (Phi) is 2.66. The standard InChI is InChI=1S/C17H19N5O/c1-9(10-2-3-10)20-17(23)15-13-7-11-6-12(11)16(13)22(21-15)14-8-18-4-5-19-14/h4-5,8-12H,2-3,6-7H2,1H3,(H,20,23)/t9-,11+,12+/m0/s1. The highest BCUT2D eigenvalue weighted by Crippen LogP contribution is 2.57. The van der Waals surface area contributed by atoms with Crippen LogP contribution < -0.4 is 5.32 Å². The molecule has 0 spiro atoms. The van der Waals surface area contributed by atoms with Gasteiger partial charge in [0.05, 0.1) is 11.9 Å². The van der Waals surface area contributed by atoms with Gasteiger partial charge in [-0.05, 0) is 44.4 Å². The summed E-state index contributed by atoms with van der Waals surface area (Å²) >= 11 is 0. The third-order valence-corrected chi connectivity index (χ3v) is 5.43. The van der Waals surface area contributed by atoms with Crippen molar-refractivity contribution >= 4 is 5.91 Å². The van der Waals surface area contributed by atoms with Gasteiger partial charge < -0.3 is 5.32 Å². The van der Waals surface area contributed by atoms with E-state index in [2.05, 4.69) is 27.3 Å². The van der Waals surface area contributed by atoms with Gasteiger partial charge in [-0.2, -0.15) is 5.10 Å². The van der Waals surface area contributed by atoms with Crippen LogP contribution in [0.15, 0.2) is 18.6 Å². The highest BCUT2D eigenvalue weighted by molar-refractivity contribution is 5.94. The lowest BCUT2D eigenvalue weighted by Crippen LogP contribution is -2.34. The fourth-order valence-corrected chi connectivity index (χ4v) is 3.86. The molecule has 2 aromatic rings. The van der Waals surface area contributed by atoms with Gasteiger partial charge in [0, 0.05) is 29.9 Å². The van der Waals surface area contributed by atoms with E-state index in [-0.39, 0.29) is 11.9 Å². The Balaban J connectivity index is 1.52. The molecular formula is C17H19N5O. The number of aromatic nitrogens is 4. The maximum absolute atomic E-state index is 12.7. The fourth-order valence-electron chi connectivity index (χ4n) is 3.86. The predicted octanol–water partition coefficient (Wildman–Crippen LogP) is 1.85. The van der Waals surface area contributed by atoms with Gasteiger partial charge >= 0.3 is 0 Å². The number of hydrogen-bond donors (Lipinski definition) is 1. The summed E-state index contributed by atoms with van der Waals surface area (Å²) in [5.41, 5.74) is 2.89. The minimum absolute atomic E-state index is 0.0374. The molecule has 2 fully saturated rings. The number of carbonyl (C=O) groups excluding carboxylic acids is 1. The van der Waals surface area contributed by atoms with Crippen LogP contribution in [-0.4, -0.2) is 31.7 Å². The molecule has 0 radical (unpaired) electrons. The van der Waals surface area contributed by atoms with Crippen molar-refractivity contribution in [2.45, 2.75) is 44.6 Å². The van der Waals surface area contributed by atoms with Gasteiger partial charge in [0.1, 0.15) is 0 Å². The number of carbonyl (C=O) groups is 1. The van der Waals surface area contributed by atoms with Gasteiger partial charge in [-0.1, -0.05) is 0 Å². The first-order valence-electron chi connectivity index (χ1n) is 8.41. The first-order chi connectivity index (χ1) is 11.2. The Labute approximate surface area is 134 Å². The predicted molar refractivity (Wildman–Crippen MR) is 83.4 cm³/mol. The van der Waals surface area contributed by atoms with E-state index in [1.807, 2.05) is 4.68 Å². The van der Waals surface area contributed by atoms with Crippen molar-refractivity contribution in [1.29, 1.82) is 0 Å². The highest BCUT2D eigenvalue weighted by Gasteiger charge is 2.50. The normalized spacial score (nSPS) is 25.6. The minimum Gasteiger partial charge on any atom is -0.348 e. The van der Waals surface area contributed by atoms with Crippen molar-refractivity contribution in [3.63, 3.8) is 0 Å². The Morgan fingerprint density at radius 3 is 3.00 bits per heavy atom. The van der Waals surface area contributed by atoms with Crippen LogP contribution in [0.5, 0.6) is 0 Å². The summed E-state index contributed by atoms with van der Waals surface area (Å²) in [6.07, 6.45) is 9.64. The molecule has 0 aromatic carbocycles. The summed E-state index contributed by atoms with van der Waals surface area (Å²) in [5, 5.41) is 7.75. The number of nitrogens with zero attached hydrogens (tertiary/aromatic N) is 4. The lowest BCUT2D eigenvalue weighted by molar-refractivity contribution is 0.0929. The van der Waals surface area contributed by atoms with Crippen molar-refractivity contribution in [1.82, 2.24) is 25.1 Å². The van der Waals surface area contributed by atoms with Crippen molar-refractivity contribution in [3.05, 3.63) is 35.5 Å². The molecule has 5 rings (SSSR count). The molecule has 1 N–H and O–H groups in total. The number of hydrogen-bond acceptors (Lipinski definition) is 4. The van der Waals surface area contributed by atoms with Crippen LogP contribution in [0.1, 0.15) is 53.8 Å². The SMILES string of the molecule is C[C@H](NC(=O)c1nn(-c2cnccn2)c2c1C[C@H]1C[C@@H]21)C1CC1. The molecule has 1 amide bonds. The molecule has 2 aromatic heterocycles. The smallest absolute Gasteiger partial charge is 0.272 e.